The van der Waals surface area contributed by atoms with Crippen molar-refractivity contribution in [2.24, 2.45) is 0 Å². The molecular weight excluding hydrogens is 810 g/mol. The van der Waals surface area contributed by atoms with Gasteiger partial charge in [0, 0.05) is 24.7 Å². The molecule has 1 aromatic heterocycles. The monoisotopic (exact) mass is 856 g/mol. The third-order valence-electron chi connectivity index (χ3n) is 8.94. The van der Waals surface area contributed by atoms with E-state index in [-0.39, 0.29) is 38.1 Å². The molecule has 5 rings (SSSR count). The number of H-pyrrole nitrogens is 1. The van der Waals surface area contributed by atoms with E-state index in [1.165, 1.54) is 10.8 Å². The molecule has 1 fully saturated rings. The van der Waals surface area contributed by atoms with E-state index in [0.717, 1.165) is 16.7 Å². The van der Waals surface area contributed by atoms with Crippen molar-refractivity contribution in [2.45, 2.75) is 76.7 Å². The Morgan fingerprint density at radius 1 is 0.943 bits per heavy atom. The molecule has 0 amide bonds. The van der Waals surface area contributed by atoms with Crippen LogP contribution in [0.2, 0.25) is 0 Å². The van der Waals surface area contributed by atoms with Gasteiger partial charge in [-0.25, -0.2) is 9.46 Å². The lowest BCUT2D eigenvalue weighted by atomic mass is 9.80. The first kappa shape index (κ1) is 40.6. The van der Waals surface area contributed by atoms with Gasteiger partial charge in [-0.05, 0) is 91.2 Å². The van der Waals surface area contributed by atoms with E-state index in [2.05, 4.69) is 43.4 Å². The number of nitriles is 1. The zero-order valence-electron chi connectivity index (χ0n) is 30.7. The molecule has 0 bridgehead atoms. The topological polar surface area (TPSA) is 137 Å². The van der Waals surface area contributed by atoms with Crippen molar-refractivity contribution in [3.05, 3.63) is 126 Å². The van der Waals surface area contributed by atoms with Crippen molar-refractivity contribution in [3.63, 3.8) is 0 Å². The van der Waals surface area contributed by atoms with Crippen LogP contribution in [0.3, 0.4) is 0 Å². The molecule has 0 aliphatic carbocycles. The molecule has 1 aliphatic rings. The number of halogens is 1. The summed E-state index contributed by atoms with van der Waals surface area (Å²) in [6.45, 7) is 8.51. The van der Waals surface area contributed by atoms with Crippen LogP contribution in [0.4, 0.5) is 0 Å². The van der Waals surface area contributed by atoms with E-state index >= 15 is 0 Å². The first-order chi connectivity index (χ1) is 25.5. The van der Waals surface area contributed by atoms with E-state index < -0.39 is 43.8 Å². The van der Waals surface area contributed by atoms with Crippen LogP contribution >= 0.6 is 31.1 Å². The second-order valence-corrected chi connectivity index (χ2v) is 15.6. The molecule has 1 saturated heterocycles. The van der Waals surface area contributed by atoms with Crippen molar-refractivity contribution >= 4 is 31.1 Å². The van der Waals surface area contributed by atoms with Gasteiger partial charge in [-0.3, -0.25) is 14.3 Å². The Bertz CT molecular complexity index is 1880. The van der Waals surface area contributed by atoms with Crippen molar-refractivity contribution in [1.29, 1.82) is 5.26 Å². The lowest BCUT2D eigenvalue weighted by Gasteiger charge is -2.39. The normalized spacial score (nSPS) is 18.0. The molecule has 14 heteroatoms. The maximum Gasteiger partial charge on any atom is 0.330 e. The molecule has 0 spiro atoms. The molecule has 4 aromatic rings. The maximum atomic E-state index is 13.1. The highest BCUT2D eigenvalue weighted by atomic mass is 127. The fraction of sp³-hybridized carbons (Fsp3) is 0.410. The van der Waals surface area contributed by atoms with Crippen LogP contribution in [0.25, 0.3) is 0 Å². The Balaban J connectivity index is 1.60. The van der Waals surface area contributed by atoms with E-state index in [1.54, 1.807) is 14.2 Å². The number of methoxy groups -OCH3 is 2. The SMILES string of the molecule is COc1ccc(C(OCC2OC(n3cc(I)c(=O)[nH]c3=O)CC2OP(OCCC#N)N(C(C)C)C(C)C)(c2ccccc2)c2ccc(OC)cc2)cc1. The van der Waals surface area contributed by atoms with Crippen LogP contribution < -0.4 is 20.7 Å². The van der Waals surface area contributed by atoms with Crippen LogP contribution in [-0.4, -0.2) is 65.9 Å². The fourth-order valence-electron chi connectivity index (χ4n) is 6.50. The number of hydrogen-bond acceptors (Lipinski definition) is 10. The Hall–Kier alpha value is -3.61. The fourth-order valence-corrected chi connectivity index (χ4v) is 8.69. The molecule has 1 aliphatic heterocycles. The highest BCUT2D eigenvalue weighted by molar-refractivity contribution is 14.1. The minimum Gasteiger partial charge on any atom is -0.497 e. The summed E-state index contributed by atoms with van der Waals surface area (Å²) in [4.78, 5) is 27.8. The van der Waals surface area contributed by atoms with Gasteiger partial charge in [0.05, 0.1) is 49.6 Å². The highest BCUT2D eigenvalue weighted by Gasteiger charge is 2.45. The molecule has 12 nitrogen and oxygen atoms in total. The van der Waals surface area contributed by atoms with Crippen molar-refractivity contribution < 1.29 is 28.0 Å². The smallest absolute Gasteiger partial charge is 0.330 e. The quantitative estimate of drug-likeness (QED) is 0.0506. The number of aromatic amines is 1. The van der Waals surface area contributed by atoms with Crippen molar-refractivity contribution in [1.82, 2.24) is 14.2 Å². The zero-order valence-corrected chi connectivity index (χ0v) is 33.8. The van der Waals surface area contributed by atoms with Crippen molar-refractivity contribution in [2.75, 3.05) is 27.4 Å². The van der Waals surface area contributed by atoms with Gasteiger partial charge < -0.3 is 28.0 Å². The Morgan fingerprint density at radius 3 is 2.04 bits per heavy atom. The second kappa shape index (κ2) is 18.6. The Labute approximate surface area is 325 Å². The van der Waals surface area contributed by atoms with Crippen molar-refractivity contribution in [3.8, 4) is 17.6 Å². The van der Waals surface area contributed by atoms with Gasteiger partial charge in [0.25, 0.3) is 14.1 Å². The van der Waals surface area contributed by atoms with Gasteiger partial charge >= 0.3 is 5.69 Å². The van der Waals surface area contributed by atoms with Gasteiger partial charge in [0.1, 0.15) is 29.4 Å². The lowest BCUT2D eigenvalue weighted by Crippen LogP contribution is -2.39. The molecule has 1 N–H and O–H groups in total. The summed E-state index contributed by atoms with van der Waals surface area (Å²) < 4.78 is 41.9. The third kappa shape index (κ3) is 9.38. The number of nitrogens with zero attached hydrogens (tertiary/aromatic N) is 3. The molecule has 2 heterocycles. The second-order valence-electron chi connectivity index (χ2n) is 13.0. The number of rotatable bonds is 17. The largest absolute Gasteiger partial charge is 0.497 e. The molecule has 4 unspecified atom stereocenters. The number of hydrogen-bond donors (Lipinski definition) is 1. The standard InChI is InChI=1S/C39H46IN4O8P/c1-26(2)44(27(3)4)53(50-22-10-21-41)52-34-23-36(43-24-33(40)37(45)42-38(43)46)51-35(34)25-49-39(28-11-8-7-9-12-28,29-13-17-31(47-5)18-14-29)30-15-19-32(48-6)20-16-30/h7-9,11-20,24,26-27,34-36H,10,22-23,25H2,1-6H3,(H,42,45,46). The van der Waals surface area contributed by atoms with Crippen LogP contribution in [0, 0.1) is 14.9 Å². The minimum absolute atomic E-state index is 0.0358. The van der Waals surface area contributed by atoms with Gasteiger partial charge in [-0.15, -0.1) is 0 Å². The average molecular weight is 857 g/mol. The summed E-state index contributed by atoms with van der Waals surface area (Å²) in [5.74, 6) is 1.40. The summed E-state index contributed by atoms with van der Waals surface area (Å²) >= 11 is 1.90. The lowest BCUT2D eigenvalue weighted by molar-refractivity contribution is -0.0926. The minimum atomic E-state index is -1.67. The van der Waals surface area contributed by atoms with Gasteiger partial charge in [0.2, 0.25) is 0 Å². The van der Waals surface area contributed by atoms with Crippen LogP contribution in [0.1, 0.15) is 63.5 Å². The van der Waals surface area contributed by atoms with Gasteiger partial charge in [-0.2, -0.15) is 5.26 Å². The van der Waals surface area contributed by atoms with E-state index in [1.807, 2.05) is 101 Å². The molecule has 3 aromatic carbocycles. The first-order valence-electron chi connectivity index (χ1n) is 17.4. The maximum absolute atomic E-state index is 13.1. The summed E-state index contributed by atoms with van der Waals surface area (Å²) in [5.41, 5.74) is 0.382. The van der Waals surface area contributed by atoms with Crippen LogP contribution in [-0.2, 0) is 24.1 Å². The molecule has 53 heavy (non-hydrogen) atoms. The summed E-state index contributed by atoms with van der Waals surface area (Å²) in [6, 6.07) is 27.7. The van der Waals surface area contributed by atoms with Gasteiger partial charge in [0.15, 0.2) is 0 Å². The number of aromatic nitrogens is 2. The van der Waals surface area contributed by atoms with E-state index in [9.17, 15) is 14.9 Å². The summed E-state index contributed by atoms with van der Waals surface area (Å²) in [7, 11) is 1.58. The molecular formula is C39H46IN4O8P. The zero-order chi connectivity index (χ0) is 38.1. The Kier molecular flexibility index (Phi) is 14.3. The van der Waals surface area contributed by atoms with Gasteiger partial charge in [-0.1, -0.05) is 54.6 Å². The van der Waals surface area contributed by atoms with Crippen LogP contribution in [0.15, 0.2) is 94.6 Å². The predicted octanol–water partition coefficient (Wildman–Crippen LogP) is 7.12. The summed E-state index contributed by atoms with van der Waals surface area (Å²) in [5, 5.41) is 9.29. The predicted molar refractivity (Wildman–Crippen MR) is 211 cm³/mol. The van der Waals surface area contributed by atoms with E-state index in [4.69, 9.17) is 28.0 Å². The average Bonchev–Trinajstić information content (AvgIpc) is 3.56. The number of ether oxygens (including phenoxy) is 4. The molecule has 4 atom stereocenters. The third-order valence-corrected chi connectivity index (χ3v) is 11.9. The number of benzene rings is 3. The van der Waals surface area contributed by atoms with Crippen LogP contribution in [0.5, 0.6) is 11.5 Å². The summed E-state index contributed by atoms with van der Waals surface area (Å²) in [6.07, 6.45) is -0.105. The first-order valence-corrected chi connectivity index (χ1v) is 19.6. The molecule has 282 valence electrons. The highest BCUT2D eigenvalue weighted by Crippen LogP contribution is 2.50. The Morgan fingerprint density at radius 2 is 1.51 bits per heavy atom. The molecule has 0 saturated carbocycles. The molecule has 0 radical (unpaired) electrons. The van der Waals surface area contributed by atoms with E-state index in [0.29, 0.717) is 15.1 Å². The number of nitrogens with one attached hydrogen (secondary N) is 1.